The van der Waals surface area contributed by atoms with Gasteiger partial charge in [0.05, 0.1) is 17.6 Å². The molecule has 0 spiro atoms. The van der Waals surface area contributed by atoms with Crippen molar-refractivity contribution in [3.63, 3.8) is 0 Å². The summed E-state index contributed by atoms with van der Waals surface area (Å²) in [5.74, 6) is 0.0660. The number of methoxy groups -OCH3 is 1. The summed E-state index contributed by atoms with van der Waals surface area (Å²) in [5, 5.41) is 22.7. The van der Waals surface area contributed by atoms with Crippen LogP contribution in [0, 0.1) is 21.4 Å². The molecule has 0 aliphatic carbocycles. The minimum Gasteiger partial charge on any atom is -0.497 e. The molecule has 130 valence electrons. The molecule has 0 fully saturated rings. The minimum absolute atomic E-state index is 0.0571. The first-order chi connectivity index (χ1) is 12.5. The number of nitro groups is 1. The van der Waals surface area contributed by atoms with Gasteiger partial charge in [-0.15, -0.1) is 0 Å². The van der Waals surface area contributed by atoms with Gasteiger partial charge in [0.2, 0.25) is 0 Å². The highest BCUT2D eigenvalue weighted by Gasteiger charge is 2.10. The highest BCUT2D eigenvalue weighted by atomic mass is 16.6. The normalized spacial score (nSPS) is 11.0. The van der Waals surface area contributed by atoms with Crippen LogP contribution in [0.2, 0.25) is 0 Å². The van der Waals surface area contributed by atoms with Crippen LogP contribution in [0.3, 0.4) is 0 Å². The lowest BCUT2D eigenvalue weighted by Crippen LogP contribution is -2.13. The Balaban J connectivity index is 2.13. The number of anilines is 1. The van der Waals surface area contributed by atoms with E-state index in [9.17, 15) is 14.9 Å². The summed E-state index contributed by atoms with van der Waals surface area (Å²) in [4.78, 5) is 22.6. The lowest BCUT2D eigenvalue weighted by molar-refractivity contribution is -0.385. The van der Waals surface area contributed by atoms with Gasteiger partial charge in [-0.2, -0.15) is 5.26 Å². The third-order valence-electron chi connectivity index (χ3n) is 3.39. The van der Waals surface area contributed by atoms with Crippen molar-refractivity contribution in [1.29, 1.82) is 5.26 Å². The first kappa shape index (κ1) is 18.4. The number of nitrogens with one attached hydrogen (secondary N) is 1. The number of amides is 1. The Morgan fingerprint density at radius 2 is 1.92 bits per heavy atom. The van der Waals surface area contributed by atoms with E-state index in [1.165, 1.54) is 31.4 Å². The summed E-state index contributed by atoms with van der Waals surface area (Å²) in [5.41, 5.74) is 0.704. The average Bonchev–Trinajstić information content (AvgIpc) is 2.66. The largest absolute Gasteiger partial charge is 0.497 e. The third kappa shape index (κ3) is 4.79. The van der Waals surface area contributed by atoms with Crippen LogP contribution in [0.1, 0.15) is 5.56 Å². The number of carbonyl (C=O) groups excluding carboxylic acids is 1. The van der Waals surface area contributed by atoms with E-state index in [2.05, 4.69) is 5.32 Å². The molecule has 0 saturated heterocycles. The summed E-state index contributed by atoms with van der Waals surface area (Å²) in [6.07, 6.45) is 4.19. The van der Waals surface area contributed by atoms with Crippen LogP contribution in [0.4, 0.5) is 11.4 Å². The van der Waals surface area contributed by atoms with Crippen LogP contribution >= 0.6 is 0 Å². The Hall–Kier alpha value is -3.92. The molecule has 0 unspecified atom stereocenters. The predicted molar refractivity (Wildman–Crippen MR) is 97.5 cm³/mol. The smallest absolute Gasteiger partial charge is 0.276 e. The van der Waals surface area contributed by atoms with Crippen molar-refractivity contribution in [3.05, 3.63) is 81.9 Å². The summed E-state index contributed by atoms with van der Waals surface area (Å²) in [6, 6.07) is 14.6. The first-order valence-electron chi connectivity index (χ1n) is 7.52. The lowest BCUT2D eigenvalue weighted by atomic mass is 10.1. The fourth-order valence-corrected chi connectivity index (χ4v) is 2.08. The summed E-state index contributed by atoms with van der Waals surface area (Å²) >= 11 is 0. The number of para-hydroxylation sites is 1. The summed E-state index contributed by atoms with van der Waals surface area (Å²) in [7, 11) is 1.54. The molecule has 0 saturated carbocycles. The molecular formula is C19H15N3O4. The van der Waals surface area contributed by atoms with Gasteiger partial charge in [0.15, 0.2) is 0 Å². The fraction of sp³-hybridized carbons (Fsp3) is 0.0526. The van der Waals surface area contributed by atoms with Gasteiger partial charge in [0, 0.05) is 11.8 Å². The van der Waals surface area contributed by atoms with Gasteiger partial charge in [-0.25, -0.2) is 0 Å². The zero-order chi connectivity index (χ0) is 18.9. The van der Waals surface area contributed by atoms with Crippen molar-refractivity contribution >= 4 is 23.4 Å². The second-order valence-corrected chi connectivity index (χ2v) is 5.05. The van der Waals surface area contributed by atoms with E-state index in [1.807, 2.05) is 6.07 Å². The van der Waals surface area contributed by atoms with E-state index in [1.54, 1.807) is 42.5 Å². The van der Waals surface area contributed by atoms with Crippen molar-refractivity contribution in [2.24, 2.45) is 0 Å². The van der Waals surface area contributed by atoms with Gasteiger partial charge in [0.25, 0.3) is 11.6 Å². The van der Waals surface area contributed by atoms with Gasteiger partial charge in [0.1, 0.15) is 17.4 Å². The van der Waals surface area contributed by atoms with Crippen LogP contribution < -0.4 is 10.1 Å². The van der Waals surface area contributed by atoms with Crippen LogP contribution in [0.5, 0.6) is 5.75 Å². The van der Waals surface area contributed by atoms with Crippen molar-refractivity contribution < 1.29 is 14.5 Å². The second-order valence-electron chi connectivity index (χ2n) is 5.05. The Morgan fingerprint density at radius 1 is 1.23 bits per heavy atom. The quantitative estimate of drug-likeness (QED) is 0.281. The highest BCUT2D eigenvalue weighted by Crippen LogP contribution is 2.19. The Bertz CT molecular complexity index is 909. The van der Waals surface area contributed by atoms with E-state index in [-0.39, 0.29) is 11.3 Å². The number of carbonyl (C=O) groups is 1. The molecule has 0 bridgehead atoms. The number of benzene rings is 2. The van der Waals surface area contributed by atoms with E-state index >= 15 is 0 Å². The van der Waals surface area contributed by atoms with Gasteiger partial charge in [-0.1, -0.05) is 18.2 Å². The van der Waals surface area contributed by atoms with Crippen molar-refractivity contribution in [2.45, 2.75) is 0 Å². The summed E-state index contributed by atoms with van der Waals surface area (Å²) < 4.78 is 5.03. The number of nitriles is 1. The molecule has 2 aromatic rings. The van der Waals surface area contributed by atoms with E-state index < -0.39 is 10.8 Å². The van der Waals surface area contributed by atoms with Crippen LogP contribution in [-0.4, -0.2) is 17.9 Å². The number of hydrogen-bond donors (Lipinski definition) is 1. The molecule has 2 rings (SSSR count). The van der Waals surface area contributed by atoms with Gasteiger partial charge >= 0.3 is 0 Å². The van der Waals surface area contributed by atoms with Crippen molar-refractivity contribution in [2.75, 3.05) is 12.4 Å². The van der Waals surface area contributed by atoms with E-state index in [0.29, 0.717) is 17.0 Å². The van der Waals surface area contributed by atoms with Crippen LogP contribution in [-0.2, 0) is 4.79 Å². The maximum atomic E-state index is 12.1. The van der Waals surface area contributed by atoms with Gasteiger partial charge < -0.3 is 10.1 Å². The molecule has 26 heavy (non-hydrogen) atoms. The first-order valence-corrected chi connectivity index (χ1v) is 7.52. The summed E-state index contributed by atoms with van der Waals surface area (Å²) in [6.45, 7) is 0. The predicted octanol–water partition coefficient (Wildman–Crippen LogP) is 3.71. The molecule has 7 heteroatoms. The average molecular weight is 349 g/mol. The maximum absolute atomic E-state index is 12.1. The van der Waals surface area contributed by atoms with Gasteiger partial charge in [-0.3, -0.25) is 14.9 Å². The number of hydrogen-bond acceptors (Lipinski definition) is 5. The Morgan fingerprint density at radius 3 is 2.54 bits per heavy atom. The number of nitrogens with zero attached hydrogens (tertiary/aromatic N) is 2. The molecule has 0 aliphatic rings. The zero-order valence-electron chi connectivity index (χ0n) is 13.9. The SMILES string of the molecule is COc1ccc(NC(=O)/C(C#N)=C/C=C/c2ccccc2[N+](=O)[O-])cc1. The molecule has 1 N–H and O–H groups in total. The lowest BCUT2D eigenvalue weighted by Gasteiger charge is -2.05. The van der Waals surface area contributed by atoms with Crippen molar-refractivity contribution in [3.8, 4) is 11.8 Å². The minimum atomic E-state index is -0.579. The maximum Gasteiger partial charge on any atom is 0.276 e. The number of nitro benzene ring substituents is 1. The molecule has 1 amide bonds. The third-order valence-corrected chi connectivity index (χ3v) is 3.39. The number of allylic oxidation sites excluding steroid dienone is 2. The zero-order valence-corrected chi connectivity index (χ0v) is 13.9. The number of rotatable bonds is 6. The standard InChI is InChI=1S/C19H15N3O4/c1-26-17-11-9-16(10-12-17)21-19(23)15(13-20)7-4-6-14-5-2-3-8-18(14)22(24)25/h2-12H,1H3,(H,21,23)/b6-4+,15-7+. The van der Waals surface area contributed by atoms with Crippen LogP contribution in [0.15, 0.2) is 66.3 Å². The molecule has 7 nitrogen and oxygen atoms in total. The molecule has 0 radical (unpaired) electrons. The van der Waals surface area contributed by atoms with E-state index in [0.717, 1.165) is 0 Å². The molecule has 2 aromatic carbocycles. The Kier molecular flexibility index (Phi) is 6.23. The molecule has 0 atom stereocenters. The van der Waals surface area contributed by atoms with Gasteiger partial charge in [-0.05, 0) is 42.5 Å². The molecule has 0 heterocycles. The second kappa shape index (κ2) is 8.80. The molecular weight excluding hydrogens is 334 g/mol. The topological polar surface area (TPSA) is 105 Å². The van der Waals surface area contributed by atoms with Crippen molar-refractivity contribution in [1.82, 2.24) is 0 Å². The Labute approximate surface area is 150 Å². The fourth-order valence-electron chi connectivity index (χ4n) is 2.08. The van der Waals surface area contributed by atoms with Crippen LogP contribution in [0.25, 0.3) is 6.08 Å². The van der Waals surface area contributed by atoms with E-state index in [4.69, 9.17) is 10.00 Å². The highest BCUT2D eigenvalue weighted by molar-refractivity contribution is 6.06. The monoisotopic (exact) mass is 349 g/mol. The molecule has 0 aliphatic heterocycles. The number of ether oxygens (including phenoxy) is 1. The molecule has 0 aromatic heterocycles.